The zero-order valence-electron chi connectivity index (χ0n) is 18.1. The van der Waals surface area contributed by atoms with Crippen molar-refractivity contribution in [1.82, 2.24) is 29.5 Å². The van der Waals surface area contributed by atoms with Gasteiger partial charge in [0.2, 0.25) is 0 Å². The number of aryl methyl sites for hydroxylation is 3. The molecule has 0 bridgehead atoms. The fraction of sp³-hybridized carbons (Fsp3) is 0.273. The highest BCUT2D eigenvalue weighted by atomic mass is 16.5. The van der Waals surface area contributed by atoms with Crippen molar-refractivity contribution < 1.29 is 9.53 Å². The molecule has 0 aliphatic carbocycles. The summed E-state index contributed by atoms with van der Waals surface area (Å²) >= 11 is 0. The molecule has 0 spiro atoms. The van der Waals surface area contributed by atoms with Crippen molar-refractivity contribution in [1.29, 1.82) is 0 Å². The summed E-state index contributed by atoms with van der Waals surface area (Å²) in [5, 5.41) is 7.44. The Kier molecular flexibility index (Phi) is 5.10. The lowest BCUT2D eigenvalue weighted by Crippen LogP contribution is -2.28. The monoisotopic (exact) mass is 420 g/mol. The molecule has 4 rings (SSSR count). The lowest BCUT2D eigenvalue weighted by Gasteiger charge is -2.10. The van der Waals surface area contributed by atoms with Gasteiger partial charge in [-0.25, -0.2) is 0 Å². The molecule has 4 heterocycles. The fourth-order valence-corrected chi connectivity index (χ4v) is 3.95. The van der Waals surface area contributed by atoms with Crippen LogP contribution in [0.25, 0.3) is 16.8 Å². The molecule has 9 nitrogen and oxygen atoms in total. The second-order valence-electron chi connectivity index (χ2n) is 7.53. The Morgan fingerprint density at radius 1 is 1.29 bits per heavy atom. The molecule has 160 valence electrons. The van der Waals surface area contributed by atoms with Crippen LogP contribution in [0.2, 0.25) is 0 Å². The number of amides is 1. The Morgan fingerprint density at radius 3 is 2.74 bits per heavy atom. The average molecular weight is 420 g/mol. The van der Waals surface area contributed by atoms with Crippen molar-refractivity contribution in [3.8, 4) is 17.0 Å². The number of pyridine rings is 1. The summed E-state index contributed by atoms with van der Waals surface area (Å²) in [6.45, 7) is 5.69. The van der Waals surface area contributed by atoms with Gasteiger partial charge in [-0.05, 0) is 38.0 Å². The Morgan fingerprint density at radius 2 is 2.06 bits per heavy atom. The maximum absolute atomic E-state index is 13.2. The van der Waals surface area contributed by atoms with Gasteiger partial charge in [0.1, 0.15) is 11.4 Å². The number of rotatable bonds is 5. The molecule has 0 saturated carbocycles. The van der Waals surface area contributed by atoms with E-state index < -0.39 is 0 Å². The van der Waals surface area contributed by atoms with Gasteiger partial charge < -0.3 is 19.4 Å². The Labute approximate surface area is 178 Å². The van der Waals surface area contributed by atoms with E-state index in [4.69, 9.17) is 4.74 Å². The predicted octanol–water partition coefficient (Wildman–Crippen LogP) is 2.29. The fourth-order valence-electron chi connectivity index (χ4n) is 3.95. The van der Waals surface area contributed by atoms with Crippen LogP contribution in [0.15, 0.2) is 35.6 Å². The molecule has 0 aliphatic heterocycles. The molecule has 0 aromatic carbocycles. The van der Waals surface area contributed by atoms with Crippen molar-refractivity contribution >= 4 is 11.4 Å². The van der Waals surface area contributed by atoms with Crippen LogP contribution in [0.1, 0.15) is 32.9 Å². The summed E-state index contributed by atoms with van der Waals surface area (Å²) in [5.41, 5.74) is 5.49. The van der Waals surface area contributed by atoms with Crippen molar-refractivity contribution in [2.75, 3.05) is 7.11 Å². The third-order valence-electron chi connectivity index (χ3n) is 5.32. The highest BCUT2D eigenvalue weighted by molar-refractivity contribution is 6.00. The smallest absolute Gasteiger partial charge is 0.268 e. The minimum atomic E-state index is -0.305. The number of aromatic amines is 1. The first-order valence-corrected chi connectivity index (χ1v) is 9.82. The van der Waals surface area contributed by atoms with Crippen molar-refractivity contribution in [3.63, 3.8) is 0 Å². The second-order valence-corrected chi connectivity index (χ2v) is 7.53. The van der Waals surface area contributed by atoms with Gasteiger partial charge in [0.15, 0.2) is 0 Å². The van der Waals surface area contributed by atoms with Gasteiger partial charge in [0, 0.05) is 36.9 Å². The summed E-state index contributed by atoms with van der Waals surface area (Å²) in [4.78, 5) is 32.6. The molecule has 2 N–H and O–H groups in total. The number of H-pyrrole nitrogens is 1. The molecule has 4 aromatic heterocycles. The number of methoxy groups -OCH3 is 1. The number of fused-ring (bicyclic) bond motifs is 1. The molecule has 31 heavy (non-hydrogen) atoms. The van der Waals surface area contributed by atoms with Crippen LogP contribution in [0, 0.1) is 20.8 Å². The van der Waals surface area contributed by atoms with E-state index in [0.29, 0.717) is 22.7 Å². The third kappa shape index (κ3) is 3.48. The summed E-state index contributed by atoms with van der Waals surface area (Å²) in [6, 6.07) is 1.73. The largest absolute Gasteiger partial charge is 0.496 e. The Hall–Kier alpha value is -3.88. The maximum atomic E-state index is 13.2. The summed E-state index contributed by atoms with van der Waals surface area (Å²) in [6.07, 6.45) is 7.04. The van der Waals surface area contributed by atoms with Gasteiger partial charge in [-0.2, -0.15) is 5.10 Å². The number of carbonyl (C=O) groups is 1. The van der Waals surface area contributed by atoms with Crippen LogP contribution in [0.5, 0.6) is 5.75 Å². The lowest BCUT2D eigenvalue weighted by molar-refractivity contribution is 0.0944. The molecule has 0 radical (unpaired) electrons. The van der Waals surface area contributed by atoms with Gasteiger partial charge in [-0.15, -0.1) is 0 Å². The number of nitrogens with zero attached hydrogens (tertiary/aromatic N) is 4. The highest BCUT2D eigenvalue weighted by Gasteiger charge is 2.24. The third-order valence-corrected chi connectivity index (χ3v) is 5.32. The zero-order chi connectivity index (χ0) is 22.3. The number of nitrogens with one attached hydrogen (secondary N) is 2. The molecule has 9 heteroatoms. The van der Waals surface area contributed by atoms with Crippen molar-refractivity contribution in [2.45, 2.75) is 27.3 Å². The molecule has 1 amide bonds. The standard InChI is InChI=1S/C22H24N6O3/c1-12-11-27(4)26-19(12)18-14(3)20(28-7-6-23-10-16(18)28)22(30)24-9-15-17(31-5)8-13(2)25-21(15)29/h6-8,10-11H,9H2,1-5H3,(H,24,30)(H,25,29). The van der Waals surface area contributed by atoms with E-state index in [-0.39, 0.29) is 18.0 Å². The van der Waals surface area contributed by atoms with Crippen LogP contribution in [-0.4, -0.2) is 37.2 Å². The SMILES string of the molecule is COc1cc(C)[nH]c(=O)c1CNC(=O)c1c(C)c(-c2nn(C)cc2C)c2cnccn12. The normalized spacial score (nSPS) is 11.1. The molecular weight excluding hydrogens is 396 g/mol. The minimum absolute atomic E-state index is 0.0350. The van der Waals surface area contributed by atoms with Crippen molar-refractivity contribution in [2.24, 2.45) is 7.05 Å². The molecule has 4 aromatic rings. The molecule has 0 atom stereocenters. The van der Waals surface area contributed by atoms with Gasteiger partial charge >= 0.3 is 0 Å². The van der Waals surface area contributed by atoms with Crippen LogP contribution in [0.4, 0.5) is 0 Å². The second kappa shape index (κ2) is 7.75. The lowest BCUT2D eigenvalue weighted by atomic mass is 10.0. The average Bonchev–Trinajstić information content (AvgIpc) is 3.20. The van der Waals surface area contributed by atoms with Gasteiger partial charge in [0.05, 0.1) is 36.6 Å². The molecular formula is C22H24N6O3. The molecule has 0 saturated heterocycles. The van der Waals surface area contributed by atoms with Gasteiger partial charge in [0.25, 0.3) is 11.5 Å². The first-order chi connectivity index (χ1) is 14.8. The summed E-state index contributed by atoms with van der Waals surface area (Å²) in [7, 11) is 3.36. The van der Waals surface area contributed by atoms with Crippen molar-refractivity contribution in [3.05, 3.63) is 69.3 Å². The predicted molar refractivity (Wildman–Crippen MR) is 116 cm³/mol. The first-order valence-electron chi connectivity index (χ1n) is 9.82. The maximum Gasteiger partial charge on any atom is 0.268 e. The Balaban J connectivity index is 1.76. The number of carbonyl (C=O) groups excluding carboxylic acids is 1. The van der Waals surface area contributed by atoms with E-state index in [1.165, 1.54) is 7.11 Å². The quantitative estimate of drug-likeness (QED) is 0.515. The Bertz CT molecular complexity index is 1360. The van der Waals surface area contributed by atoms with E-state index in [0.717, 1.165) is 27.9 Å². The van der Waals surface area contributed by atoms with E-state index in [1.54, 1.807) is 40.7 Å². The van der Waals surface area contributed by atoms with Crippen LogP contribution >= 0.6 is 0 Å². The van der Waals surface area contributed by atoms with Gasteiger partial charge in [-0.1, -0.05) is 0 Å². The summed E-state index contributed by atoms with van der Waals surface area (Å²) in [5.74, 6) is 0.132. The highest BCUT2D eigenvalue weighted by Crippen LogP contribution is 2.33. The minimum Gasteiger partial charge on any atom is -0.496 e. The van der Waals surface area contributed by atoms with Gasteiger partial charge in [-0.3, -0.25) is 19.3 Å². The van der Waals surface area contributed by atoms with E-state index in [2.05, 4.69) is 20.4 Å². The number of hydrogen-bond acceptors (Lipinski definition) is 5. The van der Waals surface area contributed by atoms with E-state index >= 15 is 0 Å². The number of hydrogen-bond donors (Lipinski definition) is 2. The van der Waals surface area contributed by atoms with E-state index in [9.17, 15) is 9.59 Å². The molecule has 0 fully saturated rings. The number of aromatic nitrogens is 5. The molecule has 0 unspecified atom stereocenters. The van der Waals surface area contributed by atoms with Crippen LogP contribution in [0.3, 0.4) is 0 Å². The summed E-state index contributed by atoms with van der Waals surface area (Å²) < 4.78 is 8.87. The molecule has 0 aliphatic rings. The first kappa shape index (κ1) is 20.4. The van der Waals surface area contributed by atoms with Crippen LogP contribution in [-0.2, 0) is 13.6 Å². The van der Waals surface area contributed by atoms with Crippen LogP contribution < -0.4 is 15.6 Å². The number of ether oxygens (including phenoxy) is 1. The topological polar surface area (TPSA) is 106 Å². The zero-order valence-corrected chi connectivity index (χ0v) is 18.1. The van der Waals surface area contributed by atoms with E-state index in [1.807, 2.05) is 27.1 Å².